The summed E-state index contributed by atoms with van der Waals surface area (Å²) in [6.45, 7) is 8.75. The third kappa shape index (κ3) is 3.20. The lowest BCUT2D eigenvalue weighted by atomic mass is 9.97. The van der Waals surface area contributed by atoms with Crippen LogP contribution in [0.1, 0.15) is 53.4 Å². The summed E-state index contributed by atoms with van der Waals surface area (Å²) in [6.07, 6.45) is 2.93. The zero-order chi connectivity index (χ0) is 13.1. The van der Waals surface area contributed by atoms with Gasteiger partial charge in [0.1, 0.15) is 6.04 Å². The normalized spacial score (nSPS) is 22.4. The van der Waals surface area contributed by atoms with E-state index in [0.29, 0.717) is 13.0 Å². The summed E-state index contributed by atoms with van der Waals surface area (Å²) in [7, 11) is 0. The fourth-order valence-electron chi connectivity index (χ4n) is 2.12. The van der Waals surface area contributed by atoms with Crippen molar-refractivity contribution in [2.24, 2.45) is 0 Å². The SMILES string of the molecule is CCCC1NC(=O)CCN(C(C)(C)CC)C1=O. The van der Waals surface area contributed by atoms with Gasteiger partial charge < -0.3 is 10.2 Å². The van der Waals surface area contributed by atoms with Crippen LogP contribution in [-0.4, -0.2) is 34.8 Å². The van der Waals surface area contributed by atoms with Crippen molar-refractivity contribution in [3.63, 3.8) is 0 Å². The molecule has 0 aliphatic carbocycles. The number of carbonyl (C=O) groups excluding carboxylic acids is 2. The zero-order valence-corrected chi connectivity index (χ0v) is 11.4. The van der Waals surface area contributed by atoms with E-state index >= 15 is 0 Å². The molecule has 0 radical (unpaired) electrons. The first kappa shape index (κ1) is 14.0. The topological polar surface area (TPSA) is 49.4 Å². The van der Waals surface area contributed by atoms with E-state index in [-0.39, 0.29) is 23.4 Å². The van der Waals surface area contributed by atoms with Gasteiger partial charge in [-0.05, 0) is 26.7 Å². The van der Waals surface area contributed by atoms with E-state index in [1.165, 1.54) is 0 Å². The molecule has 1 aliphatic rings. The van der Waals surface area contributed by atoms with E-state index in [9.17, 15) is 9.59 Å². The molecule has 1 saturated heterocycles. The van der Waals surface area contributed by atoms with Crippen LogP contribution >= 0.6 is 0 Å². The Balaban J connectivity index is 2.90. The summed E-state index contributed by atoms with van der Waals surface area (Å²) in [5.74, 6) is 0.0655. The van der Waals surface area contributed by atoms with Gasteiger partial charge in [-0.15, -0.1) is 0 Å². The molecule has 0 aromatic carbocycles. The number of hydrogen-bond acceptors (Lipinski definition) is 2. The highest BCUT2D eigenvalue weighted by atomic mass is 16.2. The average Bonchev–Trinajstić information content (AvgIpc) is 2.40. The highest BCUT2D eigenvalue weighted by Gasteiger charge is 2.36. The lowest BCUT2D eigenvalue weighted by Crippen LogP contribution is -2.52. The maximum Gasteiger partial charge on any atom is 0.245 e. The van der Waals surface area contributed by atoms with Gasteiger partial charge in [0.2, 0.25) is 11.8 Å². The molecule has 1 N–H and O–H groups in total. The number of nitrogens with zero attached hydrogens (tertiary/aromatic N) is 1. The Hall–Kier alpha value is -1.06. The third-order valence-corrected chi connectivity index (χ3v) is 3.64. The zero-order valence-electron chi connectivity index (χ0n) is 11.4. The smallest absolute Gasteiger partial charge is 0.245 e. The second-order valence-electron chi connectivity index (χ2n) is 5.31. The van der Waals surface area contributed by atoms with Crippen molar-refractivity contribution < 1.29 is 9.59 Å². The molecule has 1 atom stereocenters. The summed E-state index contributed by atoms with van der Waals surface area (Å²) < 4.78 is 0. The molecule has 1 heterocycles. The molecule has 0 aromatic rings. The van der Waals surface area contributed by atoms with Gasteiger partial charge in [0, 0.05) is 18.5 Å². The maximum atomic E-state index is 12.4. The molecule has 0 bridgehead atoms. The van der Waals surface area contributed by atoms with Crippen molar-refractivity contribution in [3.05, 3.63) is 0 Å². The van der Waals surface area contributed by atoms with Crippen LogP contribution in [0.25, 0.3) is 0 Å². The van der Waals surface area contributed by atoms with Crippen molar-refractivity contribution in [3.8, 4) is 0 Å². The van der Waals surface area contributed by atoms with Crippen LogP contribution in [0.15, 0.2) is 0 Å². The highest BCUT2D eigenvalue weighted by molar-refractivity contribution is 5.90. The summed E-state index contributed by atoms with van der Waals surface area (Å²) in [5.41, 5.74) is -0.171. The van der Waals surface area contributed by atoms with E-state index in [2.05, 4.69) is 26.1 Å². The van der Waals surface area contributed by atoms with Crippen LogP contribution in [0.5, 0.6) is 0 Å². The molecule has 2 amide bonds. The third-order valence-electron chi connectivity index (χ3n) is 3.64. The lowest BCUT2D eigenvalue weighted by Gasteiger charge is -2.38. The van der Waals surface area contributed by atoms with E-state index < -0.39 is 0 Å². The van der Waals surface area contributed by atoms with Crippen molar-refractivity contribution in [1.82, 2.24) is 10.2 Å². The molecule has 1 rings (SSSR count). The number of amides is 2. The first-order chi connectivity index (χ1) is 7.92. The van der Waals surface area contributed by atoms with Gasteiger partial charge in [0.05, 0.1) is 0 Å². The minimum atomic E-state index is -0.333. The molecule has 4 heteroatoms. The largest absolute Gasteiger partial charge is 0.344 e. The quantitative estimate of drug-likeness (QED) is 0.813. The van der Waals surface area contributed by atoms with Gasteiger partial charge in [-0.2, -0.15) is 0 Å². The number of carbonyl (C=O) groups is 2. The standard InChI is InChI=1S/C13H24N2O2/c1-5-7-10-12(17)15(13(3,4)6-2)9-8-11(16)14-10/h10H,5-9H2,1-4H3,(H,14,16). The molecular formula is C13H24N2O2. The average molecular weight is 240 g/mol. The highest BCUT2D eigenvalue weighted by Crippen LogP contribution is 2.22. The predicted molar refractivity (Wildman–Crippen MR) is 67.5 cm³/mol. The van der Waals surface area contributed by atoms with Crippen LogP contribution in [0, 0.1) is 0 Å². The Kier molecular flexibility index (Phi) is 4.54. The van der Waals surface area contributed by atoms with Gasteiger partial charge in [0.25, 0.3) is 0 Å². The summed E-state index contributed by atoms with van der Waals surface area (Å²) in [5, 5.41) is 2.83. The van der Waals surface area contributed by atoms with Crippen molar-refractivity contribution in [2.75, 3.05) is 6.54 Å². The van der Waals surface area contributed by atoms with Gasteiger partial charge in [-0.25, -0.2) is 0 Å². The molecule has 0 saturated carbocycles. The van der Waals surface area contributed by atoms with Crippen LogP contribution in [0.3, 0.4) is 0 Å². The first-order valence-electron chi connectivity index (χ1n) is 6.53. The van der Waals surface area contributed by atoms with Gasteiger partial charge in [0.15, 0.2) is 0 Å². The van der Waals surface area contributed by atoms with E-state index in [1.807, 2.05) is 11.8 Å². The molecule has 1 fully saturated rings. The fourth-order valence-corrected chi connectivity index (χ4v) is 2.12. The molecule has 1 unspecified atom stereocenters. The van der Waals surface area contributed by atoms with Crippen molar-refractivity contribution in [1.29, 1.82) is 0 Å². The van der Waals surface area contributed by atoms with Crippen LogP contribution in [0.4, 0.5) is 0 Å². The van der Waals surface area contributed by atoms with Crippen LogP contribution in [0.2, 0.25) is 0 Å². The van der Waals surface area contributed by atoms with Gasteiger partial charge in [-0.1, -0.05) is 20.3 Å². The lowest BCUT2D eigenvalue weighted by molar-refractivity contribution is -0.138. The Bertz CT molecular complexity index is 300. The molecule has 4 nitrogen and oxygen atoms in total. The Morgan fingerprint density at radius 3 is 2.53 bits per heavy atom. The monoisotopic (exact) mass is 240 g/mol. The Morgan fingerprint density at radius 1 is 1.35 bits per heavy atom. The molecular weight excluding hydrogens is 216 g/mol. The number of rotatable bonds is 4. The fraction of sp³-hybridized carbons (Fsp3) is 0.846. The minimum Gasteiger partial charge on any atom is -0.344 e. The van der Waals surface area contributed by atoms with E-state index in [0.717, 1.165) is 19.3 Å². The number of hydrogen-bond donors (Lipinski definition) is 1. The molecule has 98 valence electrons. The molecule has 17 heavy (non-hydrogen) atoms. The van der Waals surface area contributed by atoms with Crippen molar-refractivity contribution >= 4 is 11.8 Å². The summed E-state index contributed by atoms with van der Waals surface area (Å²) >= 11 is 0. The summed E-state index contributed by atoms with van der Waals surface area (Å²) in [6, 6.07) is -0.333. The second kappa shape index (κ2) is 5.52. The summed E-state index contributed by atoms with van der Waals surface area (Å²) in [4.78, 5) is 25.8. The Morgan fingerprint density at radius 2 is 2.00 bits per heavy atom. The van der Waals surface area contributed by atoms with Gasteiger partial charge >= 0.3 is 0 Å². The predicted octanol–water partition coefficient (Wildman–Crippen LogP) is 1.69. The van der Waals surface area contributed by atoms with Crippen molar-refractivity contribution in [2.45, 2.75) is 65.0 Å². The Labute approximate surface area is 104 Å². The van der Waals surface area contributed by atoms with E-state index in [4.69, 9.17) is 0 Å². The van der Waals surface area contributed by atoms with Crippen LogP contribution in [-0.2, 0) is 9.59 Å². The number of nitrogens with one attached hydrogen (secondary N) is 1. The molecule has 0 spiro atoms. The van der Waals surface area contributed by atoms with Gasteiger partial charge in [-0.3, -0.25) is 9.59 Å². The minimum absolute atomic E-state index is 0.00815. The molecule has 1 aliphatic heterocycles. The molecule has 0 aromatic heterocycles. The second-order valence-corrected chi connectivity index (χ2v) is 5.31. The maximum absolute atomic E-state index is 12.4. The van der Waals surface area contributed by atoms with Crippen LogP contribution < -0.4 is 5.32 Å². The first-order valence-corrected chi connectivity index (χ1v) is 6.53. The van der Waals surface area contributed by atoms with E-state index in [1.54, 1.807) is 0 Å².